The minimum Gasteiger partial charge on any atom is -0.385 e. The average molecular weight is 266 g/mol. The third-order valence-electron chi connectivity index (χ3n) is 1.88. The maximum atomic E-state index is 12.9. The van der Waals surface area contributed by atoms with Gasteiger partial charge in [-0.15, -0.1) is 0 Å². The smallest absolute Gasteiger partial charge is 0.147 e. The van der Waals surface area contributed by atoms with Crippen LogP contribution in [0.15, 0.2) is 18.2 Å². The molecule has 0 aromatic heterocycles. The lowest BCUT2D eigenvalue weighted by atomic mass is 10.3. The maximum absolute atomic E-state index is 12.9. The molecule has 0 fully saturated rings. The summed E-state index contributed by atoms with van der Waals surface area (Å²) >= 11 is 5.66. The molecule has 0 unspecified atom stereocenters. The number of benzene rings is 1. The van der Waals surface area contributed by atoms with Gasteiger partial charge in [-0.2, -0.15) is 0 Å². The summed E-state index contributed by atoms with van der Waals surface area (Å²) in [5.74, 6) is -0.304. The van der Waals surface area contributed by atoms with Crippen LogP contribution >= 0.6 is 11.6 Å². The van der Waals surface area contributed by atoms with E-state index in [1.807, 2.05) is 0 Å². The van der Waals surface area contributed by atoms with Gasteiger partial charge < -0.3 is 5.32 Å². The number of sulfone groups is 1. The molecule has 0 aliphatic carbocycles. The van der Waals surface area contributed by atoms with Gasteiger partial charge in [-0.3, -0.25) is 0 Å². The maximum Gasteiger partial charge on any atom is 0.147 e. The lowest BCUT2D eigenvalue weighted by Crippen LogP contribution is -2.09. The average Bonchev–Trinajstić information content (AvgIpc) is 2.09. The molecule has 0 aliphatic rings. The van der Waals surface area contributed by atoms with Crippen molar-refractivity contribution in [3.63, 3.8) is 0 Å². The highest BCUT2D eigenvalue weighted by Crippen LogP contribution is 2.17. The fraction of sp³-hybridized carbons (Fsp3) is 0.400. The van der Waals surface area contributed by atoms with E-state index >= 15 is 0 Å². The Bertz CT molecular complexity index is 442. The standard InChI is InChI=1S/C10H13ClFNO2S/c1-16(14,15)4-2-3-13-10-6-8(11)5-9(12)7-10/h5-7,13H,2-4H2,1H3. The minimum absolute atomic E-state index is 0.114. The number of hydrogen-bond acceptors (Lipinski definition) is 3. The van der Waals surface area contributed by atoms with Crippen LogP contribution in [0.1, 0.15) is 6.42 Å². The highest BCUT2D eigenvalue weighted by Gasteiger charge is 2.02. The second-order valence-electron chi connectivity index (χ2n) is 3.57. The van der Waals surface area contributed by atoms with Crippen molar-refractivity contribution in [1.82, 2.24) is 0 Å². The van der Waals surface area contributed by atoms with Crippen LogP contribution in [-0.4, -0.2) is 27.0 Å². The Morgan fingerprint density at radius 3 is 2.62 bits per heavy atom. The zero-order valence-corrected chi connectivity index (χ0v) is 10.4. The van der Waals surface area contributed by atoms with Gasteiger partial charge >= 0.3 is 0 Å². The third kappa shape index (κ3) is 5.32. The van der Waals surface area contributed by atoms with Crippen LogP contribution in [0.3, 0.4) is 0 Å². The van der Waals surface area contributed by atoms with E-state index in [1.165, 1.54) is 18.4 Å². The highest BCUT2D eigenvalue weighted by atomic mass is 35.5. The Morgan fingerprint density at radius 1 is 1.38 bits per heavy atom. The Morgan fingerprint density at radius 2 is 2.06 bits per heavy atom. The molecule has 0 aliphatic heterocycles. The summed E-state index contributed by atoms with van der Waals surface area (Å²) in [7, 11) is -2.94. The first-order valence-electron chi connectivity index (χ1n) is 4.74. The van der Waals surface area contributed by atoms with Crippen LogP contribution in [0.25, 0.3) is 0 Å². The molecular formula is C10H13ClFNO2S. The van der Waals surface area contributed by atoms with Gasteiger partial charge in [0.1, 0.15) is 15.7 Å². The van der Waals surface area contributed by atoms with E-state index in [4.69, 9.17) is 11.6 Å². The second-order valence-corrected chi connectivity index (χ2v) is 6.26. The van der Waals surface area contributed by atoms with Crippen LogP contribution < -0.4 is 5.32 Å². The van der Waals surface area contributed by atoms with E-state index < -0.39 is 15.7 Å². The van der Waals surface area contributed by atoms with Gasteiger partial charge in [0, 0.05) is 23.5 Å². The molecule has 3 nitrogen and oxygen atoms in total. The first-order chi connectivity index (χ1) is 7.37. The van der Waals surface area contributed by atoms with Crippen molar-refractivity contribution in [3.8, 4) is 0 Å². The number of rotatable bonds is 5. The van der Waals surface area contributed by atoms with Crippen molar-refractivity contribution < 1.29 is 12.8 Å². The summed E-state index contributed by atoms with van der Waals surface area (Å²) in [6.45, 7) is 0.465. The first-order valence-corrected chi connectivity index (χ1v) is 7.18. The zero-order valence-electron chi connectivity index (χ0n) is 8.83. The Balaban J connectivity index is 2.43. The molecule has 0 radical (unpaired) electrons. The van der Waals surface area contributed by atoms with Crippen molar-refractivity contribution in [2.45, 2.75) is 6.42 Å². The molecule has 6 heteroatoms. The van der Waals surface area contributed by atoms with Crippen LogP contribution in [0.2, 0.25) is 5.02 Å². The summed E-state index contributed by atoms with van der Waals surface area (Å²) in [4.78, 5) is 0. The predicted octanol–water partition coefficient (Wildman–Crippen LogP) is 2.33. The molecule has 1 aromatic carbocycles. The normalized spacial score (nSPS) is 11.4. The number of anilines is 1. The molecule has 0 amide bonds. The fourth-order valence-electron chi connectivity index (χ4n) is 1.22. The SMILES string of the molecule is CS(=O)(=O)CCCNc1cc(F)cc(Cl)c1. The molecule has 0 saturated carbocycles. The van der Waals surface area contributed by atoms with Crippen molar-refractivity contribution in [2.24, 2.45) is 0 Å². The fourth-order valence-corrected chi connectivity index (χ4v) is 2.11. The van der Waals surface area contributed by atoms with E-state index in [9.17, 15) is 12.8 Å². The lowest BCUT2D eigenvalue weighted by Gasteiger charge is -2.06. The molecule has 90 valence electrons. The van der Waals surface area contributed by atoms with E-state index in [0.717, 1.165) is 0 Å². The molecule has 0 spiro atoms. The van der Waals surface area contributed by atoms with E-state index in [1.54, 1.807) is 6.07 Å². The molecule has 0 saturated heterocycles. The molecule has 1 rings (SSSR count). The van der Waals surface area contributed by atoms with Gasteiger partial charge in [-0.1, -0.05) is 11.6 Å². The second kappa shape index (κ2) is 5.50. The summed E-state index contributed by atoms with van der Waals surface area (Å²) in [6.07, 6.45) is 1.67. The van der Waals surface area contributed by atoms with Gasteiger partial charge in [0.15, 0.2) is 0 Å². The van der Waals surface area contributed by atoms with Crippen molar-refractivity contribution in [3.05, 3.63) is 29.0 Å². The Kier molecular flexibility index (Phi) is 4.56. The van der Waals surface area contributed by atoms with Crippen molar-refractivity contribution >= 4 is 27.1 Å². The van der Waals surface area contributed by atoms with Crippen molar-refractivity contribution in [1.29, 1.82) is 0 Å². The quantitative estimate of drug-likeness (QED) is 0.831. The largest absolute Gasteiger partial charge is 0.385 e. The lowest BCUT2D eigenvalue weighted by molar-refractivity contribution is 0.600. The van der Waals surface area contributed by atoms with Gasteiger partial charge in [0.2, 0.25) is 0 Å². The van der Waals surface area contributed by atoms with Gasteiger partial charge in [0.05, 0.1) is 5.75 Å². The monoisotopic (exact) mass is 265 g/mol. The molecule has 1 aromatic rings. The number of hydrogen-bond donors (Lipinski definition) is 1. The zero-order chi connectivity index (χ0) is 12.2. The number of halogens is 2. The van der Waals surface area contributed by atoms with Gasteiger partial charge in [-0.05, 0) is 24.6 Å². The van der Waals surface area contributed by atoms with Crippen LogP contribution in [0, 0.1) is 5.82 Å². The molecule has 0 heterocycles. The van der Waals surface area contributed by atoms with Crippen molar-refractivity contribution in [2.75, 3.05) is 23.9 Å². The van der Waals surface area contributed by atoms with Gasteiger partial charge in [-0.25, -0.2) is 12.8 Å². The Labute approximate surface area is 99.5 Å². The summed E-state index contributed by atoms with van der Waals surface area (Å²) in [5.41, 5.74) is 0.554. The topological polar surface area (TPSA) is 46.2 Å². The molecule has 1 N–H and O–H groups in total. The minimum atomic E-state index is -2.94. The summed E-state index contributed by atoms with van der Waals surface area (Å²) in [5, 5.41) is 3.22. The molecule has 0 atom stereocenters. The molecule has 0 bridgehead atoms. The van der Waals surface area contributed by atoms with E-state index in [0.29, 0.717) is 23.7 Å². The molecule has 16 heavy (non-hydrogen) atoms. The van der Waals surface area contributed by atoms with E-state index in [2.05, 4.69) is 5.32 Å². The number of nitrogens with one attached hydrogen (secondary N) is 1. The molecular weight excluding hydrogens is 253 g/mol. The predicted molar refractivity (Wildman–Crippen MR) is 64.2 cm³/mol. The third-order valence-corrected chi connectivity index (χ3v) is 3.13. The van der Waals surface area contributed by atoms with Crippen LogP contribution in [0.5, 0.6) is 0 Å². The first kappa shape index (κ1) is 13.3. The van der Waals surface area contributed by atoms with Gasteiger partial charge in [0.25, 0.3) is 0 Å². The van der Waals surface area contributed by atoms with Crippen LogP contribution in [0.4, 0.5) is 10.1 Å². The summed E-state index contributed by atoms with van der Waals surface area (Å²) in [6, 6.07) is 4.11. The Hall–Kier alpha value is -0.810. The summed E-state index contributed by atoms with van der Waals surface area (Å²) < 4.78 is 34.6. The highest BCUT2D eigenvalue weighted by molar-refractivity contribution is 7.90. The van der Waals surface area contributed by atoms with E-state index in [-0.39, 0.29) is 5.75 Å². The van der Waals surface area contributed by atoms with Crippen LogP contribution in [-0.2, 0) is 9.84 Å².